The lowest BCUT2D eigenvalue weighted by Gasteiger charge is -2.19. The Morgan fingerprint density at radius 2 is 1.88 bits per heavy atom. The number of pyridine rings is 1. The summed E-state index contributed by atoms with van der Waals surface area (Å²) in [6, 6.07) is 8.41. The van der Waals surface area contributed by atoms with Crippen LogP contribution in [0.5, 0.6) is 0 Å². The fourth-order valence-corrected chi connectivity index (χ4v) is 2.93. The number of likely N-dealkylation sites (tertiary alicyclic amines) is 1. The van der Waals surface area contributed by atoms with E-state index in [4.69, 9.17) is 0 Å². The maximum Gasteiger partial charge on any atom is 0.434 e. The SMILES string of the molecule is O=C(c1cccnc1C(F)(F)F)N1CCC(c2ccc(F)cc2)C1. The number of alkyl halides is 3. The molecule has 7 heteroatoms. The smallest absolute Gasteiger partial charge is 0.338 e. The van der Waals surface area contributed by atoms with Gasteiger partial charge < -0.3 is 4.90 Å². The lowest BCUT2D eigenvalue weighted by atomic mass is 9.98. The monoisotopic (exact) mass is 338 g/mol. The zero-order valence-corrected chi connectivity index (χ0v) is 12.6. The largest absolute Gasteiger partial charge is 0.434 e. The van der Waals surface area contributed by atoms with Crippen LogP contribution >= 0.6 is 0 Å². The first-order chi connectivity index (χ1) is 11.4. The summed E-state index contributed by atoms with van der Waals surface area (Å²) in [5.41, 5.74) is -0.737. The van der Waals surface area contributed by atoms with Crippen molar-refractivity contribution in [2.45, 2.75) is 18.5 Å². The van der Waals surface area contributed by atoms with Crippen LogP contribution < -0.4 is 0 Å². The molecule has 0 N–H and O–H groups in total. The number of hydrogen-bond acceptors (Lipinski definition) is 2. The van der Waals surface area contributed by atoms with Crippen molar-refractivity contribution in [1.82, 2.24) is 9.88 Å². The molecule has 1 aliphatic heterocycles. The van der Waals surface area contributed by atoms with Crippen molar-refractivity contribution in [2.75, 3.05) is 13.1 Å². The molecule has 24 heavy (non-hydrogen) atoms. The Kier molecular flexibility index (Phi) is 4.26. The number of aromatic nitrogens is 1. The van der Waals surface area contributed by atoms with Gasteiger partial charge >= 0.3 is 6.18 Å². The van der Waals surface area contributed by atoms with E-state index >= 15 is 0 Å². The van der Waals surface area contributed by atoms with E-state index in [1.54, 1.807) is 12.1 Å². The minimum absolute atomic E-state index is 0.0134. The molecule has 0 aliphatic carbocycles. The van der Waals surface area contributed by atoms with Gasteiger partial charge in [-0.15, -0.1) is 0 Å². The van der Waals surface area contributed by atoms with Gasteiger partial charge in [0.05, 0.1) is 5.56 Å². The molecule has 1 saturated heterocycles. The van der Waals surface area contributed by atoms with E-state index in [1.165, 1.54) is 23.1 Å². The van der Waals surface area contributed by atoms with Gasteiger partial charge in [-0.2, -0.15) is 13.2 Å². The third-order valence-corrected chi connectivity index (χ3v) is 4.12. The third-order valence-electron chi connectivity index (χ3n) is 4.12. The molecule has 2 heterocycles. The summed E-state index contributed by atoms with van der Waals surface area (Å²) < 4.78 is 52.0. The lowest BCUT2D eigenvalue weighted by molar-refractivity contribution is -0.141. The van der Waals surface area contributed by atoms with Gasteiger partial charge in [0.25, 0.3) is 5.91 Å². The average Bonchev–Trinajstić information content (AvgIpc) is 3.04. The van der Waals surface area contributed by atoms with Crippen molar-refractivity contribution in [3.8, 4) is 0 Å². The van der Waals surface area contributed by atoms with Crippen LogP contribution in [0, 0.1) is 5.82 Å². The second-order valence-electron chi connectivity index (χ2n) is 5.69. The predicted molar refractivity (Wildman–Crippen MR) is 78.9 cm³/mol. The Morgan fingerprint density at radius 3 is 2.54 bits per heavy atom. The average molecular weight is 338 g/mol. The molecule has 0 saturated carbocycles. The molecule has 1 amide bonds. The summed E-state index contributed by atoms with van der Waals surface area (Å²) >= 11 is 0. The molecule has 1 atom stereocenters. The van der Waals surface area contributed by atoms with Crippen molar-refractivity contribution in [2.24, 2.45) is 0 Å². The van der Waals surface area contributed by atoms with Crippen LogP contribution in [0.1, 0.15) is 34.0 Å². The zero-order chi connectivity index (χ0) is 17.3. The highest BCUT2D eigenvalue weighted by atomic mass is 19.4. The van der Waals surface area contributed by atoms with E-state index in [9.17, 15) is 22.4 Å². The number of carbonyl (C=O) groups is 1. The van der Waals surface area contributed by atoms with Crippen molar-refractivity contribution in [3.05, 3.63) is 65.2 Å². The van der Waals surface area contributed by atoms with Crippen LogP contribution in [0.4, 0.5) is 17.6 Å². The number of rotatable bonds is 2. The van der Waals surface area contributed by atoms with Gasteiger partial charge in [0, 0.05) is 25.2 Å². The molecular formula is C17H14F4N2O. The normalized spacial score (nSPS) is 18.0. The maximum absolute atomic E-state index is 13.0. The maximum atomic E-state index is 13.0. The topological polar surface area (TPSA) is 33.2 Å². The number of carbonyl (C=O) groups excluding carboxylic acids is 1. The van der Waals surface area contributed by atoms with E-state index in [-0.39, 0.29) is 11.7 Å². The molecule has 1 aromatic heterocycles. The molecule has 1 aliphatic rings. The standard InChI is InChI=1S/C17H14F4N2O/c18-13-5-3-11(4-6-13)12-7-9-23(10-12)16(24)14-2-1-8-22-15(14)17(19,20)21/h1-6,8,12H,7,9-10H2. The van der Waals surface area contributed by atoms with Gasteiger partial charge in [-0.05, 0) is 36.2 Å². The molecule has 3 nitrogen and oxygen atoms in total. The van der Waals surface area contributed by atoms with Crippen LogP contribution in [0.3, 0.4) is 0 Å². The van der Waals surface area contributed by atoms with Gasteiger partial charge in [-0.1, -0.05) is 12.1 Å². The van der Waals surface area contributed by atoms with Crippen LogP contribution in [0.2, 0.25) is 0 Å². The molecule has 126 valence electrons. The highest BCUT2D eigenvalue weighted by molar-refractivity contribution is 5.95. The van der Waals surface area contributed by atoms with Crippen molar-refractivity contribution >= 4 is 5.91 Å². The summed E-state index contributed by atoms with van der Waals surface area (Å²) in [5.74, 6) is -1.05. The molecule has 1 unspecified atom stereocenters. The second-order valence-corrected chi connectivity index (χ2v) is 5.69. The van der Waals surface area contributed by atoms with Crippen LogP contribution in [-0.2, 0) is 6.18 Å². The number of benzene rings is 1. The minimum atomic E-state index is -4.68. The van der Waals surface area contributed by atoms with Gasteiger partial charge in [0.15, 0.2) is 5.69 Å². The highest BCUT2D eigenvalue weighted by Gasteiger charge is 2.39. The third kappa shape index (κ3) is 3.25. The summed E-state index contributed by atoms with van der Waals surface area (Å²) in [6.45, 7) is 0.656. The number of nitrogens with zero attached hydrogens (tertiary/aromatic N) is 2. The zero-order valence-electron chi connectivity index (χ0n) is 12.6. The second kappa shape index (κ2) is 6.22. The Morgan fingerprint density at radius 1 is 1.17 bits per heavy atom. The quantitative estimate of drug-likeness (QED) is 0.779. The number of halogens is 4. The molecule has 0 radical (unpaired) electrons. The Labute approximate surface area is 135 Å². The number of hydrogen-bond donors (Lipinski definition) is 0. The van der Waals surface area contributed by atoms with E-state index in [1.807, 2.05) is 0 Å². The predicted octanol–water partition coefficient (Wildman–Crippen LogP) is 3.87. The molecule has 1 fully saturated rings. The first kappa shape index (κ1) is 16.4. The molecule has 3 rings (SSSR count). The lowest BCUT2D eigenvalue weighted by Crippen LogP contribution is -2.30. The van der Waals surface area contributed by atoms with E-state index in [2.05, 4.69) is 4.98 Å². The van der Waals surface area contributed by atoms with E-state index in [0.29, 0.717) is 19.5 Å². The van der Waals surface area contributed by atoms with Crippen molar-refractivity contribution < 1.29 is 22.4 Å². The van der Waals surface area contributed by atoms with Crippen molar-refractivity contribution in [3.63, 3.8) is 0 Å². The summed E-state index contributed by atoms with van der Waals surface area (Å²) in [5, 5.41) is 0. The van der Waals surface area contributed by atoms with Crippen LogP contribution in [0.25, 0.3) is 0 Å². The Balaban J connectivity index is 1.79. The van der Waals surface area contributed by atoms with Gasteiger partial charge in [-0.25, -0.2) is 4.39 Å². The van der Waals surface area contributed by atoms with E-state index in [0.717, 1.165) is 17.8 Å². The Bertz CT molecular complexity index is 743. The highest BCUT2D eigenvalue weighted by Crippen LogP contribution is 2.33. The van der Waals surface area contributed by atoms with Crippen LogP contribution in [0.15, 0.2) is 42.6 Å². The summed E-state index contributed by atoms with van der Waals surface area (Å²) in [6.07, 6.45) is -3.04. The Hall–Kier alpha value is -2.44. The molecule has 0 spiro atoms. The fraction of sp³-hybridized carbons (Fsp3) is 0.294. The fourth-order valence-electron chi connectivity index (χ4n) is 2.93. The summed E-state index contributed by atoms with van der Waals surface area (Å²) in [4.78, 5) is 17.2. The van der Waals surface area contributed by atoms with Crippen molar-refractivity contribution in [1.29, 1.82) is 0 Å². The van der Waals surface area contributed by atoms with Gasteiger partial charge in [-0.3, -0.25) is 9.78 Å². The van der Waals surface area contributed by atoms with Gasteiger partial charge in [0.2, 0.25) is 0 Å². The minimum Gasteiger partial charge on any atom is -0.338 e. The van der Waals surface area contributed by atoms with Gasteiger partial charge in [0.1, 0.15) is 5.82 Å². The molecule has 1 aromatic carbocycles. The van der Waals surface area contributed by atoms with E-state index < -0.39 is 23.3 Å². The van der Waals surface area contributed by atoms with Crippen LogP contribution in [-0.4, -0.2) is 28.9 Å². The molecular weight excluding hydrogens is 324 g/mol. The first-order valence-corrected chi connectivity index (χ1v) is 7.43. The molecule has 2 aromatic rings. The number of amides is 1. The summed E-state index contributed by atoms with van der Waals surface area (Å²) in [7, 11) is 0. The molecule has 0 bridgehead atoms. The first-order valence-electron chi connectivity index (χ1n) is 7.43.